The molecule has 3 aromatic rings. The molecule has 9 heteroatoms. The predicted octanol–water partition coefficient (Wildman–Crippen LogP) is 5.03. The second-order valence-corrected chi connectivity index (χ2v) is 8.34. The van der Waals surface area contributed by atoms with E-state index >= 15 is 0 Å². The standard InChI is InChI=1S/C25H20Cl2N2O5/c1-33-19-8-4-3-6-15(19)13-29-21(14-7-5-9-28-12-14)20(23(31)25(29)32)22(30)17-10-16(26)11-18(27)24(17)34-2/h3-12,21,30H,13H2,1-2H3/b22-20+. The lowest BCUT2D eigenvalue weighted by atomic mass is 9.95. The highest BCUT2D eigenvalue weighted by molar-refractivity contribution is 6.46. The number of aliphatic hydroxyl groups excluding tert-OH is 1. The summed E-state index contributed by atoms with van der Waals surface area (Å²) >= 11 is 12.4. The first-order valence-corrected chi connectivity index (χ1v) is 11.0. The van der Waals surface area contributed by atoms with Crippen LogP contribution in [0.5, 0.6) is 11.5 Å². The summed E-state index contributed by atoms with van der Waals surface area (Å²) in [5, 5.41) is 11.7. The van der Waals surface area contributed by atoms with E-state index in [0.29, 0.717) is 16.9 Å². The van der Waals surface area contributed by atoms with Gasteiger partial charge in [0.1, 0.15) is 17.3 Å². The molecule has 1 aliphatic heterocycles. The molecule has 1 aliphatic rings. The summed E-state index contributed by atoms with van der Waals surface area (Å²) in [6.45, 7) is 0.0678. The van der Waals surface area contributed by atoms with Gasteiger partial charge in [-0.1, -0.05) is 47.5 Å². The zero-order chi connectivity index (χ0) is 24.4. The molecule has 1 unspecified atom stereocenters. The van der Waals surface area contributed by atoms with Gasteiger partial charge in [-0.05, 0) is 29.8 Å². The maximum absolute atomic E-state index is 13.3. The summed E-state index contributed by atoms with van der Waals surface area (Å²) in [6, 6.07) is 12.6. The minimum Gasteiger partial charge on any atom is -0.507 e. The fourth-order valence-electron chi connectivity index (χ4n) is 4.03. The Kier molecular flexibility index (Phi) is 6.77. The third-order valence-corrected chi connectivity index (χ3v) is 6.04. The Morgan fingerprint density at radius 2 is 1.85 bits per heavy atom. The number of halogens is 2. The van der Waals surface area contributed by atoms with Crippen molar-refractivity contribution in [1.82, 2.24) is 9.88 Å². The number of hydrogen-bond donors (Lipinski definition) is 1. The van der Waals surface area contributed by atoms with Gasteiger partial charge in [0.2, 0.25) is 0 Å². The zero-order valence-electron chi connectivity index (χ0n) is 18.3. The van der Waals surface area contributed by atoms with Crippen LogP contribution in [-0.2, 0) is 16.1 Å². The highest BCUT2D eigenvalue weighted by atomic mass is 35.5. The number of nitrogens with zero attached hydrogens (tertiary/aromatic N) is 2. The minimum atomic E-state index is -0.916. The molecule has 174 valence electrons. The first kappa shape index (κ1) is 23.6. The number of aliphatic hydroxyl groups is 1. The molecular formula is C25H20Cl2N2O5. The molecular weight excluding hydrogens is 479 g/mol. The molecule has 1 atom stereocenters. The molecule has 0 saturated carbocycles. The molecule has 1 N–H and O–H groups in total. The largest absolute Gasteiger partial charge is 0.507 e. The number of aromatic nitrogens is 1. The van der Waals surface area contributed by atoms with Gasteiger partial charge in [-0.15, -0.1) is 0 Å². The van der Waals surface area contributed by atoms with Gasteiger partial charge in [0.15, 0.2) is 0 Å². The van der Waals surface area contributed by atoms with Crippen molar-refractivity contribution in [3.8, 4) is 11.5 Å². The Balaban J connectivity index is 1.92. The highest BCUT2D eigenvalue weighted by Gasteiger charge is 2.46. The van der Waals surface area contributed by atoms with Crippen LogP contribution in [0.2, 0.25) is 10.0 Å². The SMILES string of the molecule is COc1ccccc1CN1C(=O)C(=O)/C(=C(/O)c2cc(Cl)cc(Cl)c2OC)C1c1cccnc1. The molecule has 0 radical (unpaired) electrons. The Hall–Kier alpha value is -3.55. The second kappa shape index (κ2) is 9.75. The van der Waals surface area contributed by atoms with E-state index in [9.17, 15) is 14.7 Å². The molecule has 1 fully saturated rings. The zero-order valence-corrected chi connectivity index (χ0v) is 19.8. The Labute approximate surface area is 206 Å². The fraction of sp³-hybridized carbons (Fsp3) is 0.160. The third-order valence-electron chi connectivity index (χ3n) is 5.54. The van der Waals surface area contributed by atoms with Crippen LogP contribution in [0.15, 0.2) is 66.5 Å². The number of carbonyl (C=O) groups is 2. The average Bonchev–Trinajstić information content (AvgIpc) is 3.09. The van der Waals surface area contributed by atoms with Gasteiger partial charge < -0.3 is 19.5 Å². The Bertz CT molecular complexity index is 1290. The molecule has 1 amide bonds. The van der Waals surface area contributed by atoms with Crippen molar-refractivity contribution < 1.29 is 24.2 Å². The molecule has 4 rings (SSSR count). The molecule has 0 spiro atoms. The Morgan fingerprint density at radius 3 is 2.53 bits per heavy atom. The van der Waals surface area contributed by atoms with Gasteiger partial charge in [0, 0.05) is 23.0 Å². The molecule has 34 heavy (non-hydrogen) atoms. The lowest BCUT2D eigenvalue weighted by molar-refractivity contribution is -0.140. The van der Waals surface area contributed by atoms with Crippen LogP contribution in [0, 0.1) is 0 Å². The maximum Gasteiger partial charge on any atom is 0.295 e. The van der Waals surface area contributed by atoms with E-state index in [2.05, 4.69) is 4.98 Å². The first-order valence-electron chi connectivity index (χ1n) is 10.2. The molecule has 2 heterocycles. The predicted molar refractivity (Wildman–Crippen MR) is 128 cm³/mol. The van der Waals surface area contributed by atoms with E-state index in [-0.39, 0.29) is 33.5 Å². The van der Waals surface area contributed by atoms with Crippen molar-refractivity contribution >= 4 is 40.7 Å². The van der Waals surface area contributed by atoms with Gasteiger partial charge in [-0.3, -0.25) is 14.6 Å². The molecule has 1 aromatic heterocycles. The van der Waals surface area contributed by atoms with Gasteiger partial charge in [-0.25, -0.2) is 0 Å². The van der Waals surface area contributed by atoms with E-state index < -0.39 is 23.5 Å². The summed E-state index contributed by atoms with van der Waals surface area (Å²) in [6.07, 6.45) is 3.12. The van der Waals surface area contributed by atoms with E-state index in [0.717, 1.165) is 0 Å². The van der Waals surface area contributed by atoms with Crippen molar-refractivity contribution in [2.24, 2.45) is 0 Å². The van der Waals surface area contributed by atoms with Crippen LogP contribution < -0.4 is 9.47 Å². The van der Waals surface area contributed by atoms with Crippen LogP contribution in [0.25, 0.3) is 5.76 Å². The molecule has 7 nitrogen and oxygen atoms in total. The molecule has 0 aliphatic carbocycles. The summed E-state index contributed by atoms with van der Waals surface area (Å²) in [5.41, 5.74) is 1.23. The van der Waals surface area contributed by atoms with E-state index in [1.165, 1.54) is 31.3 Å². The number of amides is 1. The molecule has 0 bridgehead atoms. The van der Waals surface area contributed by atoms with Crippen LogP contribution in [-0.4, -0.2) is 40.9 Å². The van der Waals surface area contributed by atoms with Crippen LogP contribution in [0.3, 0.4) is 0 Å². The normalized spacial score (nSPS) is 17.2. The third kappa shape index (κ3) is 4.20. The van der Waals surface area contributed by atoms with Crippen molar-refractivity contribution in [3.05, 3.63) is 93.2 Å². The summed E-state index contributed by atoms with van der Waals surface area (Å²) in [4.78, 5) is 32.0. The summed E-state index contributed by atoms with van der Waals surface area (Å²) < 4.78 is 10.8. The maximum atomic E-state index is 13.3. The van der Waals surface area contributed by atoms with Gasteiger partial charge in [-0.2, -0.15) is 0 Å². The lowest BCUT2D eigenvalue weighted by Gasteiger charge is -2.26. The molecule has 1 saturated heterocycles. The second-order valence-electron chi connectivity index (χ2n) is 7.49. The number of para-hydroxylation sites is 1. The number of carbonyl (C=O) groups excluding carboxylic acids is 2. The van der Waals surface area contributed by atoms with Crippen molar-refractivity contribution in [2.45, 2.75) is 12.6 Å². The minimum absolute atomic E-state index is 0.0678. The lowest BCUT2D eigenvalue weighted by Crippen LogP contribution is -2.29. The number of hydrogen-bond acceptors (Lipinski definition) is 6. The topological polar surface area (TPSA) is 89.0 Å². The number of ether oxygens (including phenoxy) is 2. The van der Waals surface area contributed by atoms with E-state index in [4.69, 9.17) is 32.7 Å². The van der Waals surface area contributed by atoms with Gasteiger partial charge >= 0.3 is 0 Å². The van der Waals surface area contributed by atoms with Gasteiger partial charge in [0.05, 0.1) is 43.0 Å². The van der Waals surface area contributed by atoms with E-state index in [1.54, 1.807) is 36.7 Å². The number of ketones is 1. The van der Waals surface area contributed by atoms with Crippen molar-refractivity contribution in [3.63, 3.8) is 0 Å². The average molecular weight is 499 g/mol. The summed E-state index contributed by atoms with van der Waals surface area (Å²) in [5.74, 6) is -1.37. The number of Topliss-reactive ketones (excluding diaryl/α,β-unsaturated/α-hetero) is 1. The van der Waals surface area contributed by atoms with Crippen LogP contribution in [0.4, 0.5) is 0 Å². The molecule has 2 aromatic carbocycles. The monoisotopic (exact) mass is 498 g/mol. The number of likely N-dealkylation sites (tertiary alicyclic amines) is 1. The smallest absolute Gasteiger partial charge is 0.295 e. The number of methoxy groups -OCH3 is 2. The first-order chi connectivity index (χ1) is 16.4. The quantitative estimate of drug-likeness (QED) is 0.291. The van der Waals surface area contributed by atoms with Crippen molar-refractivity contribution in [1.29, 1.82) is 0 Å². The number of rotatable bonds is 6. The van der Waals surface area contributed by atoms with Crippen molar-refractivity contribution in [2.75, 3.05) is 14.2 Å². The van der Waals surface area contributed by atoms with Gasteiger partial charge in [0.25, 0.3) is 11.7 Å². The number of pyridine rings is 1. The number of benzene rings is 2. The summed E-state index contributed by atoms with van der Waals surface area (Å²) in [7, 11) is 2.91. The highest BCUT2D eigenvalue weighted by Crippen LogP contribution is 2.44. The fourth-order valence-corrected chi connectivity index (χ4v) is 4.60. The van der Waals surface area contributed by atoms with Crippen LogP contribution >= 0.6 is 23.2 Å². The Morgan fingerprint density at radius 1 is 1.09 bits per heavy atom. The van der Waals surface area contributed by atoms with Crippen LogP contribution in [0.1, 0.15) is 22.7 Å². The van der Waals surface area contributed by atoms with E-state index in [1.807, 2.05) is 12.1 Å².